The molecule has 0 spiro atoms. The van der Waals surface area contributed by atoms with Crippen molar-refractivity contribution in [3.8, 4) is 0 Å². The molecule has 1 nitrogen and oxygen atoms in total. The van der Waals surface area contributed by atoms with Gasteiger partial charge < -0.3 is 0 Å². The molecule has 0 amide bonds. The molecule has 1 heteroatoms. The summed E-state index contributed by atoms with van der Waals surface area (Å²) in [5, 5.41) is 0. The van der Waals surface area contributed by atoms with E-state index in [0.29, 0.717) is 0 Å². The van der Waals surface area contributed by atoms with E-state index in [1.54, 1.807) is 6.08 Å². The summed E-state index contributed by atoms with van der Waals surface area (Å²) in [5.41, 5.74) is 1.49. The first-order chi connectivity index (χ1) is 5.83. The Bertz CT molecular complexity index is 191. The highest BCUT2D eigenvalue weighted by Crippen LogP contribution is 2.27. The fourth-order valence-corrected chi connectivity index (χ4v) is 1.54. The minimum Gasteiger partial charge on any atom is -0.299 e. The molecule has 0 aromatic rings. The summed E-state index contributed by atoms with van der Waals surface area (Å²) >= 11 is 0. The molecule has 12 heavy (non-hydrogen) atoms. The van der Waals surface area contributed by atoms with Gasteiger partial charge in [-0.1, -0.05) is 24.6 Å². The number of aldehydes is 1. The molecular formula is C11H16O. The Hall–Kier alpha value is -0.850. The molecule has 0 atom stereocenters. The van der Waals surface area contributed by atoms with Gasteiger partial charge in [-0.15, -0.1) is 0 Å². The van der Waals surface area contributed by atoms with Crippen LogP contribution in [0.2, 0.25) is 0 Å². The van der Waals surface area contributed by atoms with Gasteiger partial charge in [0.2, 0.25) is 0 Å². The van der Waals surface area contributed by atoms with Gasteiger partial charge >= 0.3 is 0 Å². The van der Waals surface area contributed by atoms with E-state index in [1.807, 2.05) is 6.08 Å². The van der Waals surface area contributed by atoms with Crippen LogP contribution in [0.4, 0.5) is 0 Å². The monoisotopic (exact) mass is 164 g/mol. The third kappa shape index (κ3) is 3.04. The Kier molecular flexibility index (Phi) is 3.78. The van der Waals surface area contributed by atoms with E-state index in [0.717, 1.165) is 12.2 Å². The van der Waals surface area contributed by atoms with Crippen LogP contribution in [0.15, 0.2) is 23.8 Å². The lowest BCUT2D eigenvalue weighted by atomic mass is 9.87. The average Bonchev–Trinajstić information content (AvgIpc) is 2.09. The normalized spacial score (nSPS) is 24.4. The summed E-state index contributed by atoms with van der Waals surface area (Å²) < 4.78 is 0. The van der Waals surface area contributed by atoms with Crippen LogP contribution in [0.25, 0.3) is 0 Å². The minimum atomic E-state index is 0.822. The second-order valence-corrected chi connectivity index (χ2v) is 3.53. The molecule has 0 heterocycles. The predicted octanol–water partition coefficient (Wildman–Crippen LogP) is 2.88. The number of hydrogen-bond donors (Lipinski definition) is 0. The first kappa shape index (κ1) is 9.24. The van der Waals surface area contributed by atoms with E-state index < -0.39 is 0 Å². The summed E-state index contributed by atoms with van der Waals surface area (Å²) in [4.78, 5) is 9.98. The molecule has 66 valence electrons. The highest BCUT2D eigenvalue weighted by molar-refractivity contribution is 5.65. The first-order valence-electron chi connectivity index (χ1n) is 4.63. The second-order valence-electron chi connectivity index (χ2n) is 3.53. The smallest absolute Gasteiger partial charge is 0.142 e. The van der Waals surface area contributed by atoms with Crippen molar-refractivity contribution in [2.75, 3.05) is 0 Å². The highest BCUT2D eigenvalue weighted by atomic mass is 16.1. The quantitative estimate of drug-likeness (QED) is 0.453. The van der Waals surface area contributed by atoms with Gasteiger partial charge in [0.25, 0.3) is 0 Å². The standard InChI is InChI=1S/C11H16O/c1-10-5-7-11(8-6-10)4-2-3-9-12/h2-4,9-10H,5-8H2,1H3/b3-2+,11-4?. The molecule has 1 saturated carbocycles. The van der Waals surface area contributed by atoms with Crippen LogP contribution in [0.3, 0.4) is 0 Å². The molecule has 1 aliphatic carbocycles. The van der Waals surface area contributed by atoms with Crippen LogP contribution in [-0.2, 0) is 4.79 Å². The maximum atomic E-state index is 9.98. The van der Waals surface area contributed by atoms with E-state index >= 15 is 0 Å². The summed E-state index contributed by atoms with van der Waals surface area (Å²) in [5.74, 6) is 0.886. The van der Waals surface area contributed by atoms with Crippen molar-refractivity contribution in [2.45, 2.75) is 32.6 Å². The largest absolute Gasteiger partial charge is 0.299 e. The molecule has 0 radical (unpaired) electrons. The molecule has 0 bridgehead atoms. The van der Waals surface area contributed by atoms with Gasteiger partial charge in [-0.3, -0.25) is 4.79 Å². The molecule has 1 aliphatic rings. The summed E-state index contributed by atoms with van der Waals surface area (Å²) in [7, 11) is 0. The van der Waals surface area contributed by atoms with E-state index in [4.69, 9.17) is 0 Å². The maximum absolute atomic E-state index is 9.98. The molecular weight excluding hydrogens is 148 g/mol. The van der Waals surface area contributed by atoms with Crippen molar-refractivity contribution in [1.82, 2.24) is 0 Å². The Morgan fingerprint density at radius 1 is 1.25 bits per heavy atom. The van der Waals surface area contributed by atoms with Gasteiger partial charge in [0.05, 0.1) is 0 Å². The fourth-order valence-electron chi connectivity index (χ4n) is 1.54. The number of carbonyl (C=O) groups is 1. The van der Waals surface area contributed by atoms with Crippen LogP contribution in [0.1, 0.15) is 32.6 Å². The second kappa shape index (κ2) is 4.91. The molecule has 0 N–H and O–H groups in total. The van der Waals surface area contributed by atoms with Crippen LogP contribution >= 0.6 is 0 Å². The fraction of sp³-hybridized carbons (Fsp3) is 0.545. The highest BCUT2D eigenvalue weighted by Gasteiger charge is 2.10. The maximum Gasteiger partial charge on any atom is 0.142 e. The van der Waals surface area contributed by atoms with Crippen molar-refractivity contribution in [3.63, 3.8) is 0 Å². The third-order valence-electron chi connectivity index (χ3n) is 2.44. The molecule has 0 saturated heterocycles. The Morgan fingerprint density at radius 2 is 1.92 bits per heavy atom. The van der Waals surface area contributed by atoms with E-state index in [-0.39, 0.29) is 0 Å². The van der Waals surface area contributed by atoms with Crippen LogP contribution in [0.5, 0.6) is 0 Å². The number of rotatable bonds is 2. The molecule has 0 aromatic carbocycles. The SMILES string of the molecule is CC1CCC(=C/C=C/C=O)CC1. The zero-order valence-corrected chi connectivity index (χ0v) is 7.62. The van der Waals surface area contributed by atoms with Crippen molar-refractivity contribution in [3.05, 3.63) is 23.8 Å². The van der Waals surface area contributed by atoms with Gasteiger partial charge in [-0.2, -0.15) is 0 Å². The first-order valence-corrected chi connectivity index (χ1v) is 4.63. The van der Waals surface area contributed by atoms with Crippen LogP contribution < -0.4 is 0 Å². The van der Waals surface area contributed by atoms with E-state index in [9.17, 15) is 4.79 Å². The molecule has 0 aliphatic heterocycles. The van der Waals surface area contributed by atoms with Crippen molar-refractivity contribution < 1.29 is 4.79 Å². The average molecular weight is 164 g/mol. The van der Waals surface area contributed by atoms with E-state index in [2.05, 4.69) is 13.0 Å². The number of carbonyl (C=O) groups excluding carboxylic acids is 1. The lowest BCUT2D eigenvalue weighted by Gasteiger charge is -2.19. The predicted molar refractivity (Wildman–Crippen MR) is 50.9 cm³/mol. The lowest BCUT2D eigenvalue weighted by molar-refractivity contribution is -0.104. The zero-order valence-electron chi connectivity index (χ0n) is 7.62. The Balaban J connectivity index is 2.38. The van der Waals surface area contributed by atoms with Crippen LogP contribution in [0, 0.1) is 5.92 Å². The summed E-state index contributed by atoms with van der Waals surface area (Å²) in [6.45, 7) is 2.30. The van der Waals surface area contributed by atoms with Crippen molar-refractivity contribution in [2.24, 2.45) is 5.92 Å². The zero-order chi connectivity index (χ0) is 8.81. The van der Waals surface area contributed by atoms with Crippen molar-refractivity contribution >= 4 is 6.29 Å². The number of allylic oxidation sites excluding steroid dienone is 4. The van der Waals surface area contributed by atoms with Gasteiger partial charge in [-0.05, 0) is 37.7 Å². The summed E-state index contributed by atoms with van der Waals surface area (Å²) in [6, 6.07) is 0. The topological polar surface area (TPSA) is 17.1 Å². The van der Waals surface area contributed by atoms with Gasteiger partial charge in [0, 0.05) is 0 Å². The number of hydrogen-bond acceptors (Lipinski definition) is 1. The molecule has 1 fully saturated rings. The lowest BCUT2D eigenvalue weighted by Crippen LogP contribution is -2.03. The molecule has 0 aromatic heterocycles. The molecule has 1 rings (SSSR count). The summed E-state index contributed by atoms with van der Waals surface area (Å²) in [6.07, 6.45) is 11.3. The van der Waals surface area contributed by atoms with Gasteiger partial charge in [0.1, 0.15) is 6.29 Å². The van der Waals surface area contributed by atoms with E-state index in [1.165, 1.54) is 31.3 Å². The Labute approximate surface area is 74.2 Å². The molecule has 0 unspecified atom stereocenters. The minimum absolute atomic E-state index is 0.822. The Morgan fingerprint density at radius 3 is 2.50 bits per heavy atom. The van der Waals surface area contributed by atoms with Crippen molar-refractivity contribution in [1.29, 1.82) is 0 Å². The van der Waals surface area contributed by atoms with Crippen LogP contribution in [-0.4, -0.2) is 6.29 Å². The van der Waals surface area contributed by atoms with Gasteiger partial charge in [-0.25, -0.2) is 0 Å². The third-order valence-corrected chi connectivity index (χ3v) is 2.44. The van der Waals surface area contributed by atoms with Gasteiger partial charge in [0.15, 0.2) is 0 Å².